The number of nitrogens with one attached hydrogen (secondary N) is 1. The zero-order valence-corrected chi connectivity index (χ0v) is 10.1. The molecule has 2 N–H and O–H groups in total. The van der Waals surface area contributed by atoms with Crippen LogP contribution < -0.4 is 5.32 Å². The van der Waals surface area contributed by atoms with Crippen molar-refractivity contribution in [3.63, 3.8) is 0 Å². The highest BCUT2D eigenvalue weighted by Crippen LogP contribution is 2.08. The Balaban J connectivity index is 2.09. The second kappa shape index (κ2) is 5.61. The summed E-state index contributed by atoms with van der Waals surface area (Å²) in [5, 5.41) is 12.1. The largest absolute Gasteiger partial charge is 0.476 e. The van der Waals surface area contributed by atoms with Crippen LogP contribution in [0, 0.1) is 0 Å². The Labute approximate surface area is 104 Å². The third-order valence-corrected chi connectivity index (χ3v) is 2.56. The first-order valence-electron chi connectivity index (χ1n) is 5.61. The van der Waals surface area contributed by atoms with Crippen LogP contribution in [0.1, 0.15) is 16.1 Å². The van der Waals surface area contributed by atoms with Crippen LogP contribution in [0.25, 0.3) is 5.65 Å². The molecule has 0 radical (unpaired) electrons. The summed E-state index contributed by atoms with van der Waals surface area (Å²) in [5.74, 6) is -1.02. The maximum absolute atomic E-state index is 10.8. The summed E-state index contributed by atoms with van der Waals surface area (Å²) in [6.07, 6.45) is 3.31. The third-order valence-electron chi connectivity index (χ3n) is 2.56. The number of carboxylic acid groups (broad SMARTS) is 1. The predicted molar refractivity (Wildman–Crippen MR) is 65.7 cm³/mol. The van der Waals surface area contributed by atoms with Gasteiger partial charge in [-0.25, -0.2) is 9.78 Å². The molecule has 0 amide bonds. The molecule has 2 rings (SSSR count). The Morgan fingerprint density at radius 3 is 3.17 bits per heavy atom. The van der Waals surface area contributed by atoms with E-state index in [0.29, 0.717) is 18.8 Å². The highest BCUT2D eigenvalue weighted by molar-refractivity contribution is 5.86. The van der Waals surface area contributed by atoms with E-state index in [1.54, 1.807) is 11.5 Å². The van der Waals surface area contributed by atoms with Crippen molar-refractivity contribution in [3.8, 4) is 0 Å². The average molecular weight is 249 g/mol. The van der Waals surface area contributed by atoms with E-state index in [1.165, 1.54) is 6.20 Å². The van der Waals surface area contributed by atoms with Gasteiger partial charge in [-0.1, -0.05) is 0 Å². The quantitative estimate of drug-likeness (QED) is 0.739. The van der Waals surface area contributed by atoms with Gasteiger partial charge in [-0.2, -0.15) is 0 Å². The van der Waals surface area contributed by atoms with Crippen molar-refractivity contribution in [2.24, 2.45) is 0 Å². The maximum Gasteiger partial charge on any atom is 0.356 e. The summed E-state index contributed by atoms with van der Waals surface area (Å²) in [5.41, 5.74) is 1.75. The summed E-state index contributed by atoms with van der Waals surface area (Å²) in [4.78, 5) is 14.8. The first kappa shape index (κ1) is 12.5. The van der Waals surface area contributed by atoms with E-state index in [-0.39, 0.29) is 5.69 Å². The number of carbonyl (C=O) groups is 1. The SMILES string of the molecule is COCCNCc1ccn2cc(C(=O)O)nc2c1. The minimum absolute atomic E-state index is 0.0551. The van der Waals surface area contributed by atoms with Crippen molar-refractivity contribution >= 4 is 11.6 Å². The molecule has 0 atom stereocenters. The molecule has 0 aliphatic rings. The Morgan fingerprint density at radius 2 is 2.44 bits per heavy atom. The number of pyridine rings is 1. The number of methoxy groups -OCH3 is 1. The number of rotatable bonds is 6. The molecular formula is C12H15N3O3. The highest BCUT2D eigenvalue weighted by Gasteiger charge is 2.08. The van der Waals surface area contributed by atoms with Crippen molar-refractivity contribution in [1.29, 1.82) is 0 Å². The van der Waals surface area contributed by atoms with Crippen molar-refractivity contribution in [1.82, 2.24) is 14.7 Å². The smallest absolute Gasteiger partial charge is 0.356 e. The van der Waals surface area contributed by atoms with E-state index in [2.05, 4.69) is 10.3 Å². The maximum atomic E-state index is 10.8. The fourth-order valence-corrected chi connectivity index (χ4v) is 1.64. The van der Waals surface area contributed by atoms with Crippen LogP contribution >= 0.6 is 0 Å². The monoisotopic (exact) mass is 249 g/mol. The molecule has 2 aromatic rings. The van der Waals surface area contributed by atoms with Crippen molar-refractivity contribution in [3.05, 3.63) is 35.8 Å². The minimum atomic E-state index is -1.02. The first-order chi connectivity index (χ1) is 8.70. The number of ether oxygens (including phenoxy) is 1. The van der Waals surface area contributed by atoms with Crippen LogP contribution in [0.3, 0.4) is 0 Å². The van der Waals surface area contributed by atoms with E-state index in [1.807, 2.05) is 18.3 Å². The van der Waals surface area contributed by atoms with Crippen LogP contribution in [-0.4, -0.2) is 40.7 Å². The number of hydrogen-bond donors (Lipinski definition) is 2. The van der Waals surface area contributed by atoms with Crippen LogP contribution in [0.5, 0.6) is 0 Å². The van der Waals surface area contributed by atoms with Gasteiger partial charge in [0.25, 0.3) is 0 Å². The lowest BCUT2D eigenvalue weighted by atomic mass is 10.2. The number of imidazole rings is 1. The first-order valence-corrected chi connectivity index (χ1v) is 5.61. The lowest BCUT2D eigenvalue weighted by Gasteiger charge is -2.04. The molecule has 0 spiro atoms. The molecule has 0 fully saturated rings. The Bertz CT molecular complexity index is 550. The second-order valence-electron chi connectivity index (χ2n) is 3.90. The van der Waals surface area contributed by atoms with Crippen molar-refractivity contribution in [2.45, 2.75) is 6.54 Å². The van der Waals surface area contributed by atoms with Gasteiger partial charge in [0.15, 0.2) is 5.69 Å². The molecule has 6 heteroatoms. The minimum Gasteiger partial charge on any atom is -0.476 e. The predicted octanol–water partition coefficient (Wildman–Crippen LogP) is 0.768. The topological polar surface area (TPSA) is 75.9 Å². The average Bonchev–Trinajstić information content (AvgIpc) is 2.78. The molecule has 96 valence electrons. The number of aromatic carboxylic acids is 1. The van der Waals surface area contributed by atoms with Gasteiger partial charge in [0.1, 0.15) is 5.65 Å². The fraction of sp³-hybridized carbons (Fsp3) is 0.333. The molecule has 0 unspecified atom stereocenters. The van der Waals surface area contributed by atoms with Gasteiger partial charge in [-0.3, -0.25) is 0 Å². The summed E-state index contributed by atoms with van der Waals surface area (Å²) in [7, 11) is 1.66. The Kier molecular flexibility index (Phi) is 3.91. The van der Waals surface area contributed by atoms with Gasteiger partial charge in [-0.15, -0.1) is 0 Å². The molecule has 6 nitrogen and oxygen atoms in total. The number of aromatic nitrogens is 2. The number of carboxylic acids is 1. The van der Waals surface area contributed by atoms with E-state index in [0.717, 1.165) is 12.1 Å². The molecular weight excluding hydrogens is 234 g/mol. The lowest BCUT2D eigenvalue weighted by molar-refractivity contribution is 0.0691. The summed E-state index contributed by atoms with van der Waals surface area (Å²) in [6, 6.07) is 3.80. The molecule has 18 heavy (non-hydrogen) atoms. The molecule has 0 bridgehead atoms. The lowest BCUT2D eigenvalue weighted by Crippen LogP contribution is -2.18. The van der Waals surface area contributed by atoms with Crippen molar-refractivity contribution in [2.75, 3.05) is 20.3 Å². The van der Waals surface area contributed by atoms with Gasteiger partial charge in [-0.05, 0) is 17.7 Å². The van der Waals surface area contributed by atoms with Gasteiger partial charge < -0.3 is 19.6 Å². The Morgan fingerprint density at radius 1 is 1.61 bits per heavy atom. The van der Waals surface area contributed by atoms with Crippen LogP contribution in [0.4, 0.5) is 0 Å². The zero-order valence-electron chi connectivity index (χ0n) is 10.1. The summed E-state index contributed by atoms with van der Waals surface area (Å²) >= 11 is 0. The van der Waals surface area contributed by atoms with E-state index >= 15 is 0 Å². The third kappa shape index (κ3) is 2.85. The van der Waals surface area contributed by atoms with Crippen LogP contribution in [0.15, 0.2) is 24.5 Å². The van der Waals surface area contributed by atoms with Gasteiger partial charge >= 0.3 is 5.97 Å². The molecule has 2 aromatic heterocycles. The van der Waals surface area contributed by atoms with Crippen LogP contribution in [-0.2, 0) is 11.3 Å². The van der Waals surface area contributed by atoms with Gasteiger partial charge in [0.2, 0.25) is 0 Å². The summed E-state index contributed by atoms with van der Waals surface area (Å²) < 4.78 is 6.63. The molecule has 0 saturated heterocycles. The normalized spacial score (nSPS) is 10.9. The molecule has 0 aliphatic carbocycles. The number of hydrogen-bond acceptors (Lipinski definition) is 4. The highest BCUT2D eigenvalue weighted by atomic mass is 16.5. The molecule has 0 aromatic carbocycles. The van der Waals surface area contributed by atoms with E-state index in [4.69, 9.17) is 9.84 Å². The molecule has 0 saturated carbocycles. The second-order valence-corrected chi connectivity index (χ2v) is 3.90. The van der Waals surface area contributed by atoms with Crippen LogP contribution in [0.2, 0.25) is 0 Å². The number of fused-ring (bicyclic) bond motifs is 1. The Hall–Kier alpha value is -1.92. The molecule has 2 heterocycles. The van der Waals surface area contributed by atoms with E-state index < -0.39 is 5.97 Å². The van der Waals surface area contributed by atoms with Gasteiger partial charge in [0, 0.05) is 32.6 Å². The number of nitrogens with zero attached hydrogens (tertiary/aromatic N) is 2. The summed E-state index contributed by atoms with van der Waals surface area (Å²) in [6.45, 7) is 2.14. The van der Waals surface area contributed by atoms with E-state index in [9.17, 15) is 4.79 Å². The van der Waals surface area contributed by atoms with Gasteiger partial charge in [0.05, 0.1) is 6.61 Å². The molecule has 0 aliphatic heterocycles. The van der Waals surface area contributed by atoms with Crippen molar-refractivity contribution < 1.29 is 14.6 Å². The standard InChI is InChI=1S/C12H15N3O3/c1-18-5-3-13-7-9-2-4-15-8-10(12(16)17)14-11(15)6-9/h2,4,6,8,13H,3,5,7H2,1H3,(H,16,17). The zero-order chi connectivity index (χ0) is 13.0. The fourth-order valence-electron chi connectivity index (χ4n) is 1.64.